The molecule has 0 aliphatic rings. The Morgan fingerprint density at radius 2 is 2.11 bits per heavy atom. The maximum Gasteiger partial charge on any atom is 0.171 e. The number of aliphatic hydroxyl groups excluding tert-OH is 1. The Morgan fingerprint density at radius 1 is 1.26 bits per heavy atom. The van der Waals surface area contributed by atoms with Gasteiger partial charge in [-0.1, -0.05) is 12.1 Å². The van der Waals surface area contributed by atoms with Crippen molar-refractivity contribution in [2.75, 3.05) is 7.11 Å². The lowest BCUT2D eigenvalue weighted by molar-refractivity contribution is 0.217. The van der Waals surface area contributed by atoms with Crippen LogP contribution in [0.2, 0.25) is 0 Å². The highest BCUT2D eigenvalue weighted by atomic mass is 32.1. The van der Waals surface area contributed by atoms with E-state index in [9.17, 15) is 9.50 Å². The van der Waals surface area contributed by atoms with E-state index in [-0.39, 0.29) is 11.3 Å². The fourth-order valence-corrected chi connectivity index (χ4v) is 4.09. The normalized spacial score (nSPS) is 12.8. The van der Waals surface area contributed by atoms with Gasteiger partial charge in [-0.2, -0.15) is 0 Å². The standard InChI is InChI=1S/C14H11FO2S2/c1-17-9-4-2-3-8(13(9)15)14(16)12-7-11-10(19-12)5-6-18-11/h2-7,14,16H,1H3. The Hall–Kier alpha value is -1.43. The molecule has 0 saturated carbocycles. The van der Waals surface area contributed by atoms with Crippen LogP contribution < -0.4 is 4.74 Å². The molecule has 3 rings (SSSR count). The molecule has 2 heterocycles. The number of hydrogen-bond donors (Lipinski definition) is 1. The smallest absolute Gasteiger partial charge is 0.171 e. The molecule has 0 aliphatic carbocycles. The van der Waals surface area contributed by atoms with Gasteiger partial charge in [0.2, 0.25) is 0 Å². The fourth-order valence-electron chi connectivity index (χ4n) is 1.97. The Bertz CT molecular complexity index is 689. The first-order valence-corrected chi connectivity index (χ1v) is 7.37. The maximum atomic E-state index is 14.1. The van der Waals surface area contributed by atoms with Crippen LogP contribution in [0.3, 0.4) is 0 Å². The molecule has 1 aromatic carbocycles. The summed E-state index contributed by atoms with van der Waals surface area (Å²) < 4.78 is 21.3. The van der Waals surface area contributed by atoms with Crippen molar-refractivity contribution in [1.82, 2.24) is 0 Å². The van der Waals surface area contributed by atoms with Crippen molar-refractivity contribution in [2.24, 2.45) is 0 Å². The zero-order chi connectivity index (χ0) is 13.4. The van der Waals surface area contributed by atoms with Crippen molar-refractivity contribution < 1.29 is 14.2 Å². The molecule has 5 heteroatoms. The molecule has 0 radical (unpaired) electrons. The molecule has 2 nitrogen and oxygen atoms in total. The summed E-state index contributed by atoms with van der Waals surface area (Å²) in [5.74, 6) is -0.357. The van der Waals surface area contributed by atoms with Gasteiger partial charge in [-0.3, -0.25) is 0 Å². The summed E-state index contributed by atoms with van der Waals surface area (Å²) in [4.78, 5) is 0.744. The predicted octanol–water partition coefficient (Wildman–Crippen LogP) is 4.19. The third-order valence-electron chi connectivity index (χ3n) is 2.94. The van der Waals surface area contributed by atoms with Gasteiger partial charge in [0.05, 0.1) is 7.11 Å². The van der Waals surface area contributed by atoms with E-state index < -0.39 is 11.9 Å². The van der Waals surface area contributed by atoms with Gasteiger partial charge in [0.15, 0.2) is 11.6 Å². The maximum absolute atomic E-state index is 14.1. The summed E-state index contributed by atoms with van der Waals surface area (Å²) in [5, 5.41) is 12.3. The minimum atomic E-state index is -0.959. The van der Waals surface area contributed by atoms with Crippen molar-refractivity contribution in [3.05, 3.63) is 52.0 Å². The lowest BCUT2D eigenvalue weighted by Gasteiger charge is -2.12. The van der Waals surface area contributed by atoms with Crippen LogP contribution in [0.4, 0.5) is 4.39 Å². The van der Waals surface area contributed by atoms with Crippen LogP contribution >= 0.6 is 22.7 Å². The number of rotatable bonds is 3. The van der Waals surface area contributed by atoms with Crippen molar-refractivity contribution >= 4 is 32.1 Å². The number of fused-ring (bicyclic) bond motifs is 1. The van der Waals surface area contributed by atoms with Crippen LogP contribution in [0.15, 0.2) is 35.7 Å². The molecule has 98 valence electrons. The highest BCUT2D eigenvalue weighted by Crippen LogP contribution is 2.37. The first-order chi connectivity index (χ1) is 9.20. The molecule has 0 spiro atoms. The summed E-state index contributed by atoms with van der Waals surface area (Å²) in [6.45, 7) is 0. The lowest BCUT2D eigenvalue weighted by atomic mass is 10.1. The third kappa shape index (κ3) is 2.14. The topological polar surface area (TPSA) is 29.5 Å². The highest BCUT2D eigenvalue weighted by molar-refractivity contribution is 7.26. The molecular formula is C14H11FO2S2. The van der Waals surface area contributed by atoms with Gasteiger partial charge in [-0.25, -0.2) is 4.39 Å². The summed E-state index contributed by atoms with van der Waals surface area (Å²) in [6, 6.07) is 8.71. The van der Waals surface area contributed by atoms with Gasteiger partial charge in [0.25, 0.3) is 0 Å². The minimum absolute atomic E-state index is 0.148. The largest absolute Gasteiger partial charge is 0.494 e. The van der Waals surface area contributed by atoms with E-state index in [0.29, 0.717) is 0 Å². The fraction of sp³-hybridized carbons (Fsp3) is 0.143. The van der Waals surface area contributed by atoms with Crippen LogP contribution in [0, 0.1) is 5.82 Å². The average Bonchev–Trinajstić information content (AvgIpc) is 2.99. The number of halogens is 1. The van der Waals surface area contributed by atoms with E-state index in [1.54, 1.807) is 29.5 Å². The molecule has 0 fully saturated rings. The monoisotopic (exact) mass is 294 g/mol. The molecule has 0 aliphatic heterocycles. The summed E-state index contributed by atoms with van der Waals surface area (Å²) in [7, 11) is 1.41. The van der Waals surface area contributed by atoms with E-state index in [1.807, 2.05) is 17.5 Å². The van der Waals surface area contributed by atoms with E-state index in [1.165, 1.54) is 18.4 Å². The summed E-state index contributed by atoms with van der Waals surface area (Å²) >= 11 is 3.10. The summed E-state index contributed by atoms with van der Waals surface area (Å²) in [5.41, 5.74) is 0.244. The van der Waals surface area contributed by atoms with Gasteiger partial charge in [0, 0.05) is 19.8 Å². The second kappa shape index (κ2) is 4.92. The first kappa shape index (κ1) is 12.6. The van der Waals surface area contributed by atoms with Crippen molar-refractivity contribution in [1.29, 1.82) is 0 Å². The third-order valence-corrected chi connectivity index (χ3v) is 5.08. The van der Waals surface area contributed by atoms with Crippen LogP contribution in [0.25, 0.3) is 9.40 Å². The summed E-state index contributed by atoms with van der Waals surface area (Å²) in [6.07, 6.45) is -0.959. The van der Waals surface area contributed by atoms with Crippen LogP contribution in [-0.4, -0.2) is 12.2 Å². The van der Waals surface area contributed by atoms with E-state index in [4.69, 9.17) is 4.74 Å². The van der Waals surface area contributed by atoms with Gasteiger partial charge in [-0.05, 0) is 23.6 Å². The Kier molecular flexibility index (Phi) is 3.26. The van der Waals surface area contributed by atoms with Gasteiger partial charge in [-0.15, -0.1) is 22.7 Å². The van der Waals surface area contributed by atoms with Crippen molar-refractivity contribution in [3.63, 3.8) is 0 Å². The molecule has 0 amide bonds. The molecule has 1 N–H and O–H groups in total. The zero-order valence-corrected chi connectivity index (χ0v) is 11.7. The molecule has 2 aromatic heterocycles. The van der Waals surface area contributed by atoms with Gasteiger partial charge < -0.3 is 9.84 Å². The number of aliphatic hydroxyl groups is 1. The van der Waals surface area contributed by atoms with Gasteiger partial charge >= 0.3 is 0 Å². The lowest BCUT2D eigenvalue weighted by Crippen LogP contribution is -2.02. The molecule has 19 heavy (non-hydrogen) atoms. The molecule has 0 bridgehead atoms. The SMILES string of the molecule is COc1cccc(C(O)c2cc3sccc3s2)c1F. The van der Waals surface area contributed by atoms with Crippen LogP contribution in [-0.2, 0) is 0 Å². The number of hydrogen-bond acceptors (Lipinski definition) is 4. The number of ether oxygens (including phenoxy) is 1. The van der Waals surface area contributed by atoms with Crippen LogP contribution in [0.1, 0.15) is 16.5 Å². The molecular weight excluding hydrogens is 283 g/mol. The second-order valence-corrected chi connectivity index (χ2v) is 6.13. The van der Waals surface area contributed by atoms with E-state index >= 15 is 0 Å². The number of thiophene rings is 2. The van der Waals surface area contributed by atoms with Gasteiger partial charge in [0.1, 0.15) is 6.10 Å². The first-order valence-electron chi connectivity index (χ1n) is 5.68. The zero-order valence-electron chi connectivity index (χ0n) is 10.1. The molecule has 1 atom stereocenters. The minimum Gasteiger partial charge on any atom is -0.494 e. The number of benzene rings is 1. The average molecular weight is 294 g/mol. The van der Waals surface area contributed by atoms with Crippen LogP contribution in [0.5, 0.6) is 5.75 Å². The van der Waals surface area contributed by atoms with Crippen molar-refractivity contribution in [3.8, 4) is 5.75 Å². The Labute approximate surface area is 117 Å². The second-order valence-electron chi connectivity index (χ2n) is 4.06. The Morgan fingerprint density at radius 3 is 2.84 bits per heavy atom. The molecule has 0 saturated heterocycles. The molecule has 1 unspecified atom stereocenters. The highest BCUT2D eigenvalue weighted by Gasteiger charge is 2.20. The van der Waals surface area contributed by atoms with E-state index in [0.717, 1.165) is 14.3 Å². The Balaban J connectivity index is 2.04. The van der Waals surface area contributed by atoms with Crippen molar-refractivity contribution in [2.45, 2.75) is 6.10 Å². The van der Waals surface area contributed by atoms with E-state index in [2.05, 4.69) is 0 Å². The number of methoxy groups -OCH3 is 1. The molecule has 3 aromatic rings. The quantitative estimate of drug-likeness (QED) is 0.784. The predicted molar refractivity (Wildman–Crippen MR) is 76.7 cm³/mol.